The molecule has 1 fully saturated rings. The molecule has 1 heterocycles. The van der Waals surface area contributed by atoms with Gasteiger partial charge in [0.2, 0.25) is 12.1 Å². The van der Waals surface area contributed by atoms with Gasteiger partial charge in [0.05, 0.1) is 30.3 Å². The number of rotatable bonds is 6. The van der Waals surface area contributed by atoms with Gasteiger partial charge in [0, 0.05) is 11.4 Å². The first kappa shape index (κ1) is 33.0. The topological polar surface area (TPSA) is 138 Å². The van der Waals surface area contributed by atoms with Crippen molar-refractivity contribution in [2.24, 2.45) is 5.73 Å². The summed E-state index contributed by atoms with van der Waals surface area (Å²) in [4.78, 5) is 20.8. The highest BCUT2D eigenvalue weighted by Gasteiger charge is 2.51. The number of halogens is 9. The predicted molar refractivity (Wildman–Crippen MR) is 122 cm³/mol. The Bertz CT molecular complexity index is 1260. The molecule has 0 aliphatic carbocycles. The monoisotopic (exact) mass is 602 g/mol. The number of carbonyl (C=O) groups is 2. The number of nitrogens with zero attached hydrogens (tertiary/aromatic N) is 2. The number of carbonyl (C=O) groups excluding carboxylic acids is 1. The molecular formula is C23H19F9N4O5. The van der Waals surface area contributed by atoms with Crippen LogP contribution in [0.1, 0.15) is 11.1 Å². The van der Waals surface area contributed by atoms with E-state index in [-0.39, 0.29) is 18.9 Å². The van der Waals surface area contributed by atoms with Gasteiger partial charge in [0.25, 0.3) is 0 Å². The Morgan fingerprint density at radius 1 is 1.07 bits per heavy atom. The first-order chi connectivity index (χ1) is 18.9. The van der Waals surface area contributed by atoms with Crippen LogP contribution >= 0.6 is 0 Å². The number of nitrogens with two attached hydrogens (primary N) is 1. The van der Waals surface area contributed by atoms with Crippen LogP contribution < -0.4 is 20.7 Å². The number of hydrogen-bond acceptors (Lipinski definition) is 7. The van der Waals surface area contributed by atoms with E-state index >= 15 is 0 Å². The predicted octanol–water partition coefficient (Wildman–Crippen LogP) is 4.28. The minimum atomic E-state index is -5.08. The van der Waals surface area contributed by atoms with Crippen molar-refractivity contribution in [3.63, 3.8) is 0 Å². The van der Waals surface area contributed by atoms with Crippen molar-refractivity contribution in [2.45, 2.75) is 30.9 Å². The SMILES string of the molecule is N#Cc1ccc(N2C[C@@H](COc3ccc(NC(=O)CN)cc3)O[C@@H]2C(F)(F)F)cc1C(F)(F)F.O=C(O)C(F)(F)F. The Kier molecular flexibility index (Phi) is 10.4. The number of ether oxygens (including phenoxy) is 2. The van der Waals surface area contributed by atoms with E-state index in [0.29, 0.717) is 16.7 Å². The highest BCUT2D eigenvalue weighted by molar-refractivity contribution is 5.92. The van der Waals surface area contributed by atoms with E-state index in [4.69, 9.17) is 30.4 Å². The quantitative estimate of drug-likeness (QED) is 0.417. The van der Waals surface area contributed by atoms with Crippen LogP contribution in [0.2, 0.25) is 0 Å². The van der Waals surface area contributed by atoms with Crippen molar-refractivity contribution in [3.05, 3.63) is 53.6 Å². The van der Waals surface area contributed by atoms with Gasteiger partial charge in [-0.1, -0.05) is 0 Å². The van der Waals surface area contributed by atoms with E-state index < -0.39 is 66.1 Å². The number of hydrogen-bond donors (Lipinski definition) is 3. The summed E-state index contributed by atoms with van der Waals surface area (Å²) in [6, 6.07) is 9.64. The van der Waals surface area contributed by atoms with Gasteiger partial charge in [-0.05, 0) is 42.5 Å². The zero-order valence-electron chi connectivity index (χ0n) is 20.3. The molecule has 2 aromatic carbocycles. The second kappa shape index (κ2) is 13.0. The lowest BCUT2D eigenvalue weighted by Gasteiger charge is -2.27. The van der Waals surface area contributed by atoms with Crippen molar-refractivity contribution in [3.8, 4) is 11.8 Å². The number of carboxylic acid groups (broad SMARTS) is 1. The van der Waals surface area contributed by atoms with Gasteiger partial charge in [-0.25, -0.2) is 4.79 Å². The molecule has 1 amide bonds. The van der Waals surface area contributed by atoms with Crippen LogP contribution in [0.25, 0.3) is 0 Å². The van der Waals surface area contributed by atoms with Gasteiger partial charge < -0.3 is 30.5 Å². The van der Waals surface area contributed by atoms with Crippen LogP contribution in [0, 0.1) is 11.3 Å². The number of alkyl halides is 9. The second-order valence-electron chi connectivity index (χ2n) is 8.03. The Morgan fingerprint density at radius 3 is 2.12 bits per heavy atom. The number of amides is 1. The average molecular weight is 602 g/mol. The third-order valence-corrected chi connectivity index (χ3v) is 5.05. The van der Waals surface area contributed by atoms with E-state index in [2.05, 4.69) is 5.32 Å². The van der Waals surface area contributed by atoms with Crippen LogP contribution in [-0.2, 0) is 20.5 Å². The molecule has 0 aromatic heterocycles. The van der Waals surface area contributed by atoms with Gasteiger partial charge in [0.1, 0.15) is 18.5 Å². The van der Waals surface area contributed by atoms with Gasteiger partial charge in [-0.3, -0.25) is 4.79 Å². The minimum absolute atomic E-state index is 0.210. The van der Waals surface area contributed by atoms with Crippen LogP contribution in [0.15, 0.2) is 42.5 Å². The number of nitriles is 1. The maximum atomic E-state index is 13.6. The molecule has 4 N–H and O–H groups in total. The van der Waals surface area contributed by atoms with Crippen molar-refractivity contribution in [1.82, 2.24) is 0 Å². The van der Waals surface area contributed by atoms with Crippen LogP contribution in [-0.4, -0.2) is 61.4 Å². The first-order valence-corrected chi connectivity index (χ1v) is 11.0. The molecule has 41 heavy (non-hydrogen) atoms. The molecule has 2 atom stereocenters. The van der Waals surface area contributed by atoms with Crippen molar-refractivity contribution < 1.29 is 63.7 Å². The van der Waals surface area contributed by atoms with Gasteiger partial charge in [0.15, 0.2) is 0 Å². The van der Waals surface area contributed by atoms with Crippen molar-refractivity contribution in [2.75, 3.05) is 29.9 Å². The molecule has 0 bridgehead atoms. The van der Waals surface area contributed by atoms with E-state index in [1.807, 2.05) is 0 Å². The highest BCUT2D eigenvalue weighted by Crippen LogP contribution is 2.39. The smallest absolute Gasteiger partial charge is 0.490 e. The largest absolute Gasteiger partial charge is 0.491 e. The Labute approximate surface area is 224 Å². The molecule has 0 radical (unpaired) electrons. The molecule has 1 aliphatic heterocycles. The van der Waals surface area contributed by atoms with Crippen molar-refractivity contribution in [1.29, 1.82) is 5.26 Å². The van der Waals surface area contributed by atoms with E-state index in [1.165, 1.54) is 30.3 Å². The van der Waals surface area contributed by atoms with Gasteiger partial charge in [-0.15, -0.1) is 0 Å². The zero-order valence-corrected chi connectivity index (χ0v) is 20.3. The summed E-state index contributed by atoms with van der Waals surface area (Å²) in [6.45, 7) is -0.935. The Hall–Kier alpha value is -4.24. The van der Waals surface area contributed by atoms with Crippen LogP contribution in [0.5, 0.6) is 5.75 Å². The molecule has 9 nitrogen and oxygen atoms in total. The average Bonchev–Trinajstić information content (AvgIpc) is 3.32. The van der Waals surface area contributed by atoms with Gasteiger partial charge in [-0.2, -0.15) is 44.8 Å². The molecule has 224 valence electrons. The lowest BCUT2D eigenvalue weighted by atomic mass is 10.1. The molecular weight excluding hydrogens is 583 g/mol. The number of carboxylic acids is 1. The fourth-order valence-electron chi connectivity index (χ4n) is 3.28. The maximum Gasteiger partial charge on any atom is 0.490 e. The van der Waals surface area contributed by atoms with Crippen LogP contribution in [0.3, 0.4) is 0 Å². The number of anilines is 2. The summed E-state index contributed by atoms with van der Waals surface area (Å²) in [5, 5.41) is 18.5. The Morgan fingerprint density at radius 2 is 1.66 bits per heavy atom. The number of nitrogens with one attached hydrogen (secondary N) is 1. The van der Waals surface area contributed by atoms with Crippen molar-refractivity contribution >= 4 is 23.3 Å². The van der Waals surface area contributed by atoms with E-state index in [0.717, 1.165) is 12.1 Å². The van der Waals surface area contributed by atoms with E-state index in [9.17, 15) is 44.3 Å². The molecule has 3 rings (SSSR count). The Balaban J connectivity index is 0.000000745. The fourth-order valence-corrected chi connectivity index (χ4v) is 3.28. The highest BCUT2D eigenvalue weighted by atomic mass is 19.4. The summed E-state index contributed by atoms with van der Waals surface area (Å²) in [5.74, 6) is -2.90. The van der Waals surface area contributed by atoms with Gasteiger partial charge >= 0.3 is 24.5 Å². The number of benzene rings is 2. The second-order valence-corrected chi connectivity index (χ2v) is 8.03. The molecule has 1 aliphatic rings. The molecule has 2 aromatic rings. The standard InChI is InChI=1S/C21H18F6N4O3.C2HF3O2/c22-20(23,24)17-7-14(4-1-12(17)8-28)31-10-16(34-19(31)21(25,26)27)11-33-15-5-2-13(3-6-15)30-18(32)9-29;3-2(4,5)1(6)7/h1-7,16,19H,9-11,29H2,(H,30,32);(H,6,7)/t16-,19+;/m0./s1. The first-order valence-electron chi connectivity index (χ1n) is 11.0. The zero-order chi connectivity index (χ0) is 31.2. The molecule has 0 unspecified atom stereocenters. The summed E-state index contributed by atoms with van der Waals surface area (Å²) in [7, 11) is 0. The minimum Gasteiger partial charge on any atom is -0.491 e. The van der Waals surface area contributed by atoms with Crippen LogP contribution in [0.4, 0.5) is 50.9 Å². The fraction of sp³-hybridized carbons (Fsp3) is 0.348. The molecule has 18 heteroatoms. The molecule has 0 spiro atoms. The summed E-state index contributed by atoms with van der Waals surface area (Å²) in [6.07, 6.45) is -18.5. The summed E-state index contributed by atoms with van der Waals surface area (Å²) in [5.41, 5.74) is 3.20. The lowest BCUT2D eigenvalue weighted by Crippen LogP contribution is -2.42. The molecule has 0 saturated carbocycles. The maximum absolute atomic E-state index is 13.6. The number of aliphatic carboxylic acids is 1. The summed E-state index contributed by atoms with van der Waals surface area (Å²) >= 11 is 0. The third kappa shape index (κ3) is 9.42. The van der Waals surface area contributed by atoms with E-state index in [1.54, 1.807) is 0 Å². The molecule has 1 saturated heterocycles. The third-order valence-electron chi connectivity index (χ3n) is 5.05. The summed E-state index contributed by atoms with van der Waals surface area (Å²) < 4.78 is 123. The normalized spacial score (nSPS) is 17.2. The lowest BCUT2D eigenvalue weighted by molar-refractivity contribution is -0.215.